The van der Waals surface area contributed by atoms with E-state index in [0.29, 0.717) is 13.0 Å². The van der Waals surface area contributed by atoms with Gasteiger partial charge in [-0.2, -0.15) is 0 Å². The van der Waals surface area contributed by atoms with Crippen LogP contribution in [0.4, 0.5) is 0 Å². The highest BCUT2D eigenvalue weighted by molar-refractivity contribution is 6.04. The molecule has 0 spiro atoms. The van der Waals surface area contributed by atoms with Crippen molar-refractivity contribution in [3.05, 3.63) is 95.6 Å². The van der Waals surface area contributed by atoms with Crippen molar-refractivity contribution in [2.45, 2.75) is 38.1 Å². The fraction of sp³-hybridized carbons (Fsp3) is 0.343. The van der Waals surface area contributed by atoms with E-state index in [-0.39, 0.29) is 11.9 Å². The van der Waals surface area contributed by atoms with Crippen LogP contribution in [-0.2, 0) is 4.79 Å². The molecule has 4 aromatic rings. The van der Waals surface area contributed by atoms with Crippen LogP contribution in [0.2, 0.25) is 0 Å². The van der Waals surface area contributed by atoms with Crippen molar-refractivity contribution in [1.29, 1.82) is 0 Å². The van der Waals surface area contributed by atoms with Gasteiger partial charge in [0, 0.05) is 30.1 Å². The Morgan fingerprint density at radius 1 is 0.625 bits per heavy atom. The Morgan fingerprint density at radius 2 is 1.23 bits per heavy atom. The molecule has 1 atom stereocenters. The second kappa shape index (κ2) is 14.6. The van der Waals surface area contributed by atoms with Crippen LogP contribution in [0.5, 0.6) is 0 Å². The van der Waals surface area contributed by atoms with E-state index in [1.54, 1.807) is 0 Å². The monoisotopic (exact) mass is 532 g/mol. The van der Waals surface area contributed by atoms with E-state index in [1.165, 1.54) is 34.4 Å². The maximum absolute atomic E-state index is 12.7. The van der Waals surface area contributed by atoms with Gasteiger partial charge in [-0.3, -0.25) is 4.79 Å². The highest BCUT2D eigenvalue weighted by Gasteiger charge is 2.15. The van der Waals surface area contributed by atoms with E-state index in [2.05, 4.69) is 112 Å². The largest absolute Gasteiger partial charge is 0.356 e. The van der Waals surface area contributed by atoms with Gasteiger partial charge >= 0.3 is 0 Å². The van der Waals surface area contributed by atoms with E-state index in [9.17, 15) is 4.79 Å². The van der Waals surface area contributed by atoms with Crippen molar-refractivity contribution < 1.29 is 4.79 Å². The van der Waals surface area contributed by atoms with Crippen LogP contribution in [-0.4, -0.2) is 45.2 Å². The van der Waals surface area contributed by atoms with Crippen LogP contribution in [0.3, 0.4) is 0 Å². The van der Waals surface area contributed by atoms with Crippen LogP contribution in [0.25, 0.3) is 21.5 Å². The Labute approximate surface area is 238 Å². The Bertz CT molecular complexity index is 1410. The molecule has 0 radical (unpaired) electrons. The van der Waals surface area contributed by atoms with Crippen LogP contribution in [0.15, 0.2) is 78.9 Å². The smallest absolute Gasteiger partial charge is 0.221 e. The molecule has 5 nitrogen and oxygen atoms in total. The summed E-state index contributed by atoms with van der Waals surface area (Å²) in [6.07, 6.45) is 4.76. The molecule has 1 fully saturated rings. The minimum Gasteiger partial charge on any atom is -0.356 e. The van der Waals surface area contributed by atoms with E-state index in [4.69, 9.17) is 0 Å². The summed E-state index contributed by atoms with van der Waals surface area (Å²) >= 11 is 0. The Balaban J connectivity index is 1.32. The first-order chi connectivity index (χ1) is 19.8. The third-order valence-electron chi connectivity index (χ3n) is 7.54. The number of rotatable bonds is 1. The summed E-state index contributed by atoms with van der Waals surface area (Å²) in [5.74, 6) is 6.98. The highest BCUT2D eigenvalue weighted by Crippen LogP contribution is 2.28. The first-order valence-electron chi connectivity index (χ1n) is 14.7. The van der Waals surface area contributed by atoms with Crippen molar-refractivity contribution in [2.24, 2.45) is 0 Å². The molecule has 1 unspecified atom stereocenters. The predicted octanol–water partition coefficient (Wildman–Crippen LogP) is 5.28. The number of nitrogens with one attached hydrogen (secondary N) is 4. The number of hydrogen-bond donors (Lipinski definition) is 4. The fourth-order valence-corrected chi connectivity index (χ4v) is 5.33. The average Bonchev–Trinajstić information content (AvgIpc) is 2.99. The summed E-state index contributed by atoms with van der Waals surface area (Å²) in [4.78, 5) is 12.7. The molecule has 1 aliphatic heterocycles. The molecule has 4 aromatic carbocycles. The van der Waals surface area contributed by atoms with Gasteiger partial charge in [-0.25, -0.2) is 0 Å². The van der Waals surface area contributed by atoms with Gasteiger partial charge in [0.15, 0.2) is 0 Å². The van der Waals surface area contributed by atoms with Crippen molar-refractivity contribution in [3.63, 3.8) is 0 Å². The zero-order chi connectivity index (χ0) is 27.4. The summed E-state index contributed by atoms with van der Waals surface area (Å²) in [5, 5.41) is 18.5. The fourth-order valence-electron chi connectivity index (χ4n) is 5.33. The van der Waals surface area contributed by atoms with Gasteiger partial charge in [0.05, 0.1) is 0 Å². The molecule has 5 heteroatoms. The maximum Gasteiger partial charge on any atom is 0.221 e. The van der Waals surface area contributed by atoms with Gasteiger partial charge in [-0.05, 0) is 104 Å². The molecule has 1 amide bonds. The lowest BCUT2D eigenvalue weighted by Crippen LogP contribution is -2.33. The molecule has 0 saturated carbocycles. The molecule has 206 valence electrons. The van der Waals surface area contributed by atoms with Gasteiger partial charge in [-0.15, -0.1) is 0 Å². The third kappa shape index (κ3) is 7.70. The molecule has 4 N–H and O–H groups in total. The number of carbonyl (C=O) groups excluding carboxylic acids is 1. The lowest BCUT2D eigenvalue weighted by molar-refractivity contribution is -0.121. The summed E-state index contributed by atoms with van der Waals surface area (Å²) in [7, 11) is 0. The van der Waals surface area contributed by atoms with Crippen LogP contribution in [0.1, 0.15) is 54.8 Å². The summed E-state index contributed by atoms with van der Waals surface area (Å²) in [6, 6.07) is 27.5. The average molecular weight is 533 g/mol. The SMILES string of the molecule is O=C1CC(c2ccc(C#Cc3c4ccccc4cc4ccccc34)cc2)NCCCNCCCCNCCCN1. The Kier molecular flexibility index (Phi) is 10.2. The van der Waals surface area contributed by atoms with E-state index in [1.807, 2.05) is 0 Å². The standard InChI is InChI=1S/C35H40N4O/c40-35-26-34(38-23-7-21-36-19-5-6-20-37-22-8-24-39-35)28-16-13-27(14-17-28)15-18-33-31-11-3-1-9-29(31)25-30-10-2-4-12-32(30)33/h1-4,9-14,16-17,25,34,36-38H,5-8,19-24,26H2,(H,39,40). The molecule has 5 rings (SSSR count). The van der Waals surface area contributed by atoms with Gasteiger partial charge in [-0.1, -0.05) is 72.5 Å². The quantitative estimate of drug-likeness (QED) is 0.199. The van der Waals surface area contributed by atoms with Crippen LogP contribution in [0, 0.1) is 11.8 Å². The van der Waals surface area contributed by atoms with Gasteiger partial charge in [0.2, 0.25) is 5.91 Å². The number of benzene rings is 4. The van der Waals surface area contributed by atoms with Gasteiger partial charge in [0.25, 0.3) is 0 Å². The normalized spacial score (nSPS) is 18.4. The molecule has 0 aliphatic carbocycles. The first kappa shape index (κ1) is 27.9. The van der Waals surface area contributed by atoms with Crippen LogP contribution < -0.4 is 21.3 Å². The van der Waals surface area contributed by atoms with Crippen molar-refractivity contribution in [2.75, 3.05) is 39.3 Å². The zero-order valence-electron chi connectivity index (χ0n) is 23.3. The van der Waals surface area contributed by atoms with Gasteiger partial charge in [0.1, 0.15) is 0 Å². The molecular weight excluding hydrogens is 492 g/mol. The molecule has 0 bridgehead atoms. The number of hydrogen-bond acceptors (Lipinski definition) is 4. The van der Waals surface area contributed by atoms with Crippen molar-refractivity contribution in [3.8, 4) is 11.8 Å². The molecule has 40 heavy (non-hydrogen) atoms. The molecular formula is C35H40N4O. The molecule has 1 saturated heterocycles. The molecule has 0 aromatic heterocycles. The van der Waals surface area contributed by atoms with Gasteiger partial charge < -0.3 is 21.3 Å². The highest BCUT2D eigenvalue weighted by atomic mass is 16.1. The maximum atomic E-state index is 12.7. The predicted molar refractivity (Wildman–Crippen MR) is 166 cm³/mol. The number of carbonyl (C=O) groups is 1. The molecule has 1 heterocycles. The first-order valence-corrected chi connectivity index (χ1v) is 14.7. The second-order valence-electron chi connectivity index (χ2n) is 10.5. The zero-order valence-corrected chi connectivity index (χ0v) is 23.3. The third-order valence-corrected chi connectivity index (χ3v) is 7.54. The lowest BCUT2D eigenvalue weighted by atomic mass is 9.96. The van der Waals surface area contributed by atoms with Crippen molar-refractivity contribution >= 4 is 27.5 Å². The molecule has 1 aliphatic rings. The minimum absolute atomic E-state index is 0.0298. The second-order valence-corrected chi connectivity index (χ2v) is 10.5. The van der Waals surface area contributed by atoms with Crippen molar-refractivity contribution in [1.82, 2.24) is 21.3 Å². The summed E-state index contributed by atoms with van der Waals surface area (Å²) in [6.45, 7) is 5.59. The lowest BCUT2D eigenvalue weighted by Gasteiger charge is -2.19. The van der Waals surface area contributed by atoms with E-state index in [0.717, 1.165) is 62.3 Å². The number of amides is 1. The Hall–Kier alpha value is -3.69. The summed E-state index contributed by atoms with van der Waals surface area (Å²) in [5.41, 5.74) is 3.14. The number of fused-ring (bicyclic) bond motifs is 2. The summed E-state index contributed by atoms with van der Waals surface area (Å²) < 4.78 is 0. The minimum atomic E-state index is -0.0298. The topological polar surface area (TPSA) is 65.2 Å². The van der Waals surface area contributed by atoms with E-state index < -0.39 is 0 Å². The van der Waals surface area contributed by atoms with Crippen LogP contribution >= 0.6 is 0 Å². The van der Waals surface area contributed by atoms with E-state index >= 15 is 0 Å². The Morgan fingerprint density at radius 3 is 1.90 bits per heavy atom.